The van der Waals surface area contributed by atoms with Gasteiger partial charge in [-0.25, -0.2) is 4.79 Å². The van der Waals surface area contributed by atoms with Crippen LogP contribution in [0.25, 0.3) is 0 Å². The Hall–Kier alpha value is -1.36. The fraction of sp³-hybridized carbons (Fsp3) is 0.667. The smallest absolute Gasteiger partial charge is 0.358 e. The van der Waals surface area contributed by atoms with E-state index in [4.69, 9.17) is 9.63 Å². The van der Waals surface area contributed by atoms with Gasteiger partial charge in [-0.15, -0.1) is 0 Å². The highest BCUT2D eigenvalue weighted by Gasteiger charge is 2.24. The van der Waals surface area contributed by atoms with Crippen molar-refractivity contribution in [2.45, 2.75) is 45.7 Å². The van der Waals surface area contributed by atoms with Gasteiger partial charge >= 0.3 is 5.97 Å². The van der Waals surface area contributed by atoms with E-state index < -0.39 is 5.97 Å². The number of nitrogens with zero attached hydrogens (tertiary/aromatic N) is 2. The van der Waals surface area contributed by atoms with Crippen LogP contribution < -0.4 is 0 Å². The summed E-state index contributed by atoms with van der Waals surface area (Å²) >= 11 is 0. The average molecular weight is 238 g/mol. The number of carboxylic acid groups (broad SMARTS) is 1. The molecular weight excluding hydrogens is 220 g/mol. The molecule has 17 heavy (non-hydrogen) atoms. The largest absolute Gasteiger partial charge is 0.476 e. The van der Waals surface area contributed by atoms with Crippen LogP contribution in [0.15, 0.2) is 4.52 Å². The lowest BCUT2D eigenvalue weighted by Gasteiger charge is -2.33. The van der Waals surface area contributed by atoms with Gasteiger partial charge in [0, 0.05) is 18.2 Å². The maximum atomic E-state index is 11.0. The molecule has 2 heterocycles. The third-order valence-corrected chi connectivity index (χ3v) is 3.49. The van der Waals surface area contributed by atoms with E-state index in [0.29, 0.717) is 23.9 Å². The molecule has 1 aromatic rings. The monoisotopic (exact) mass is 238 g/mol. The van der Waals surface area contributed by atoms with E-state index in [1.54, 1.807) is 6.92 Å². The van der Waals surface area contributed by atoms with Gasteiger partial charge in [0.1, 0.15) is 5.76 Å². The van der Waals surface area contributed by atoms with Crippen molar-refractivity contribution in [2.24, 2.45) is 0 Å². The Labute approximate surface area is 100 Å². The minimum Gasteiger partial charge on any atom is -0.476 e. The van der Waals surface area contributed by atoms with Crippen LogP contribution >= 0.6 is 0 Å². The maximum Gasteiger partial charge on any atom is 0.358 e. The molecule has 94 valence electrons. The second-order valence-electron chi connectivity index (χ2n) is 4.69. The molecule has 1 aromatic heterocycles. The SMILES string of the molecule is Cc1onc(C(=O)O)c1CN1CCCC[C@H]1C. The molecule has 0 aromatic carbocycles. The van der Waals surface area contributed by atoms with Crippen LogP contribution in [0.4, 0.5) is 0 Å². The van der Waals surface area contributed by atoms with Crippen molar-refractivity contribution in [3.63, 3.8) is 0 Å². The van der Waals surface area contributed by atoms with Gasteiger partial charge in [-0.05, 0) is 33.2 Å². The van der Waals surface area contributed by atoms with E-state index >= 15 is 0 Å². The van der Waals surface area contributed by atoms with Crippen molar-refractivity contribution in [3.05, 3.63) is 17.0 Å². The Morgan fingerprint density at radius 1 is 1.59 bits per heavy atom. The van der Waals surface area contributed by atoms with E-state index in [0.717, 1.165) is 6.54 Å². The second-order valence-corrected chi connectivity index (χ2v) is 4.69. The van der Waals surface area contributed by atoms with Crippen LogP contribution in [0.2, 0.25) is 0 Å². The number of carbonyl (C=O) groups is 1. The number of piperidine rings is 1. The van der Waals surface area contributed by atoms with Crippen LogP contribution in [0, 0.1) is 6.92 Å². The number of aromatic carboxylic acids is 1. The van der Waals surface area contributed by atoms with Crippen molar-refractivity contribution in [3.8, 4) is 0 Å². The first kappa shape index (κ1) is 12.1. The van der Waals surface area contributed by atoms with Gasteiger partial charge in [-0.2, -0.15) is 0 Å². The minimum atomic E-state index is -1.01. The summed E-state index contributed by atoms with van der Waals surface area (Å²) in [5, 5.41) is 12.6. The summed E-state index contributed by atoms with van der Waals surface area (Å²) in [7, 11) is 0. The summed E-state index contributed by atoms with van der Waals surface area (Å²) in [6.45, 7) is 5.59. The van der Waals surface area contributed by atoms with Crippen LogP contribution in [0.1, 0.15) is 48.0 Å². The quantitative estimate of drug-likeness (QED) is 0.873. The zero-order chi connectivity index (χ0) is 12.4. The van der Waals surface area contributed by atoms with Crippen molar-refractivity contribution in [2.75, 3.05) is 6.54 Å². The summed E-state index contributed by atoms with van der Waals surface area (Å²) in [6.07, 6.45) is 3.61. The molecule has 1 atom stereocenters. The van der Waals surface area contributed by atoms with Gasteiger partial charge in [-0.1, -0.05) is 11.6 Å². The number of aromatic nitrogens is 1. The van der Waals surface area contributed by atoms with Gasteiger partial charge in [0.25, 0.3) is 0 Å². The molecule has 0 aliphatic carbocycles. The topological polar surface area (TPSA) is 66.6 Å². The Bertz CT molecular complexity index is 414. The van der Waals surface area contributed by atoms with E-state index in [1.165, 1.54) is 19.3 Å². The van der Waals surface area contributed by atoms with E-state index in [9.17, 15) is 4.79 Å². The first-order chi connectivity index (χ1) is 8.09. The summed E-state index contributed by atoms with van der Waals surface area (Å²) < 4.78 is 4.98. The molecule has 5 heteroatoms. The Morgan fingerprint density at radius 2 is 2.35 bits per heavy atom. The van der Waals surface area contributed by atoms with E-state index in [1.807, 2.05) is 0 Å². The third-order valence-electron chi connectivity index (χ3n) is 3.49. The second kappa shape index (κ2) is 4.87. The number of hydrogen-bond acceptors (Lipinski definition) is 4. The van der Waals surface area contributed by atoms with Crippen LogP contribution in [-0.2, 0) is 6.54 Å². The minimum absolute atomic E-state index is 0.0558. The molecule has 1 aliphatic rings. The van der Waals surface area contributed by atoms with E-state index in [2.05, 4.69) is 17.0 Å². The molecule has 1 fully saturated rings. The fourth-order valence-corrected chi connectivity index (χ4v) is 2.34. The molecule has 0 unspecified atom stereocenters. The first-order valence-corrected chi connectivity index (χ1v) is 6.02. The fourth-order valence-electron chi connectivity index (χ4n) is 2.34. The summed E-state index contributed by atoms with van der Waals surface area (Å²) in [6, 6.07) is 0.500. The lowest BCUT2D eigenvalue weighted by molar-refractivity contribution is 0.0682. The lowest BCUT2D eigenvalue weighted by atomic mass is 10.0. The van der Waals surface area contributed by atoms with Gasteiger partial charge in [0.2, 0.25) is 0 Å². The molecule has 1 aliphatic heterocycles. The average Bonchev–Trinajstić information content (AvgIpc) is 2.64. The number of likely N-dealkylation sites (tertiary alicyclic amines) is 1. The number of rotatable bonds is 3. The van der Waals surface area contributed by atoms with Gasteiger partial charge < -0.3 is 9.63 Å². The summed E-state index contributed by atoms with van der Waals surface area (Å²) in [5.74, 6) is -0.401. The molecule has 2 rings (SSSR count). The zero-order valence-electron chi connectivity index (χ0n) is 10.3. The number of aryl methyl sites for hydroxylation is 1. The number of carboxylic acids is 1. The third kappa shape index (κ3) is 2.49. The standard InChI is InChI=1S/C12H18N2O3/c1-8-5-3-4-6-14(8)7-10-9(2)17-13-11(10)12(15)16/h8H,3-7H2,1-2H3,(H,15,16)/t8-/m1/s1. The molecule has 0 bridgehead atoms. The lowest BCUT2D eigenvalue weighted by Crippen LogP contribution is -2.37. The molecule has 1 N–H and O–H groups in total. The highest BCUT2D eigenvalue weighted by molar-refractivity contribution is 5.87. The van der Waals surface area contributed by atoms with E-state index in [-0.39, 0.29) is 5.69 Å². The van der Waals surface area contributed by atoms with Crippen LogP contribution in [0.5, 0.6) is 0 Å². The predicted octanol–water partition coefficient (Wildman–Crippen LogP) is 2.06. The zero-order valence-corrected chi connectivity index (χ0v) is 10.3. The maximum absolute atomic E-state index is 11.0. The van der Waals surface area contributed by atoms with Crippen LogP contribution in [0.3, 0.4) is 0 Å². The summed E-state index contributed by atoms with van der Waals surface area (Å²) in [5.41, 5.74) is 0.770. The van der Waals surface area contributed by atoms with Gasteiger partial charge in [0.05, 0.1) is 0 Å². The van der Waals surface area contributed by atoms with Crippen molar-refractivity contribution in [1.29, 1.82) is 0 Å². The van der Waals surface area contributed by atoms with Crippen molar-refractivity contribution in [1.82, 2.24) is 10.1 Å². The highest BCUT2D eigenvalue weighted by Crippen LogP contribution is 2.22. The normalized spacial score (nSPS) is 21.6. The molecule has 0 saturated carbocycles. The van der Waals surface area contributed by atoms with Crippen LogP contribution in [-0.4, -0.2) is 33.7 Å². The van der Waals surface area contributed by atoms with Gasteiger partial charge in [-0.3, -0.25) is 4.90 Å². The molecule has 0 radical (unpaired) electrons. The molecule has 0 spiro atoms. The highest BCUT2D eigenvalue weighted by atomic mass is 16.5. The molecule has 5 nitrogen and oxygen atoms in total. The van der Waals surface area contributed by atoms with Crippen molar-refractivity contribution >= 4 is 5.97 Å². The predicted molar refractivity (Wildman–Crippen MR) is 61.9 cm³/mol. The Kier molecular flexibility index (Phi) is 3.47. The number of hydrogen-bond donors (Lipinski definition) is 1. The summed E-state index contributed by atoms with van der Waals surface area (Å²) in [4.78, 5) is 13.3. The molecule has 0 amide bonds. The Balaban J connectivity index is 2.17. The molecular formula is C12H18N2O3. The van der Waals surface area contributed by atoms with Crippen molar-refractivity contribution < 1.29 is 14.4 Å². The van der Waals surface area contributed by atoms with Gasteiger partial charge in [0.15, 0.2) is 5.69 Å². The molecule has 1 saturated heterocycles. The first-order valence-electron chi connectivity index (χ1n) is 6.02. The Morgan fingerprint density at radius 3 is 3.00 bits per heavy atom.